The van der Waals surface area contributed by atoms with E-state index >= 15 is 0 Å². The van der Waals surface area contributed by atoms with Crippen LogP contribution < -0.4 is 5.32 Å². The lowest BCUT2D eigenvalue weighted by Crippen LogP contribution is -2.41. The zero-order valence-electron chi connectivity index (χ0n) is 15.2. The van der Waals surface area contributed by atoms with Crippen LogP contribution in [0, 0.1) is 12.8 Å². The van der Waals surface area contributed by atoms with Gasteiger partial charge >= 0.3 is 0 Å². The summed E-state index contributed by atoms with van der Waals surface area (Å²) in [5, 5.41) is 13.8. The minimum absolute atomic E-state index is 0.0851. The number of aryl methyl sites for hydroxylation is 1. The maximum Gasteiger partial charge on any atom is 0.230 e. The van der Waals surface area contributed by atoms with Crippen molar-refractivity contribution in [3.8, 4) is 0 Å². The van der Waals surface area contributed by atoms with Crippen LogP contribution in [0.15, 0.2) is 35.5 Å². The van der Waals surface area contributed by atoms with E-state index in [-0.39, 0.29) is 5.91 Å². The summed E-state index contributed by atoms with van der Waals surface area (Å²) < 4.78 is 2.05. The summed E-state index contributed by atoms with van der Waals surface area (Å²) in [6.07, 6.45) is 4.79. The number of amides is 1. The fourth-order valence-corrected chi connectivity index (χ4v) is 4.64. The van der Waals surface area contributed by atoms with Crippen LogP contribution in [0.4, 0.5) is 0 Å². The highest BCUT2D eigenvalue weighted by molar-refractivity contribution is 7.99. The normalized spacial score (nSPS) is 20.5. The molecule has 5 nitrogen and oxygen atoms in total. The van der Waals surface area contributed by atoms with E-state index in [0.29, 0.717) is 17.7 Å². The summed E-state index contributed by atoms with van der Waals surface area (Å²) in [6.45, 7) is 4.32. The second-order valence-corrected chi connectivity index (χ2v) is 8.19. The molecule has 0 radical (unpaired) electrons. The number of pyridine rings is 1. The van der Waals surface area contributed by atoms with Crippen LogP contribution in [0.1, 0.15) is 38.2 Å². The van der Waals surface area contributed by atoms with Crippen molar-refractivity contribution in [2.45, 2.75) is 50.7 Å². The van der Waals surface area contributed by atoms with Crippen molar-refractivity contribution in [3.63, 3.8) is 0 Å². The van der Waals surface area contributed by atoms with Crippen molar-refractivity contribution in [2.75, 3.05) is 5.75 Å². The van der Waals surface area contributed by atoms with E-state index in [9.17, 15) is 4.79 Å². The Hall–Kier alpha value is -2.08. The zero-order chi connectivity index (χ0) is 18.1. The van der Waals surface area contributed by atoms with E-state index in [1.54, 1.807) is 0 Å². The highest BCUT2D eigenvalue weighted by Gasteiger charge is 2.23. The maximum atomic E-state index is 12.4. The van der Waals surface area contributed by atoms with Gasteiger partial charge in [-0.25, -0.2) is 0 Å². The first-order valence-electron chi connectivity index (χ1n) is 9.29. The summed E-state index contributed by atoms with van der Waals surface area (Å²) in [7, 11) is 0. The molecule has 4 rings (SSSR count). The Kier molecular flexibility index (Phi) is 4.85. The molecule has 1 fully saturated rings. The predicted octanol–water partition coefficient (Wildman–Crippen LogP) is 3.98. The van der Waals surface area contributed by atoms with Gasteiger partial charge in [0.1, 0.15) is 0 Å². The Bertz CT molecular complexity index is 952. The number of nitrogens with zero attached hydrogens (tertiary/aromatic N) is 3. The Morgan fingerprint density at radius 2 is 2.08 bits per heavy atom. The molecule has 1 aliphatic carbocycles. The molecule has 1 aliphatic rings. The minimum Gasteiger partial charge on any atom is -0.352 e. The summed E-state index contributed by atoms with van der Waals surface area (Å²) in [4.78, 5) is 12.4. The van der Waals surface area contributed by atoms with Crippen LogP contribution in [0.2, 0.25) is 0 Å². The van der Waals surface area contributed by atoms with Crippen LogP contribution in [-0.2, 0) is 4.79 Å². The molecule has 1 saturated carbocycles. The third kappa shape index (κ3) is 3.30. The van der Waals surface area contributed by atoms with E-state index in [1.165, 1.54) is 42.0 Å². The van der Waals surface area contributed by atoms with Crippen LogP contribution in [0.25, 0.3) is 16.6 Å². The number of benzene rings is 1. The van der Waals surface area contributed by atoms with E-state index in [4.69, 9.17) is 0 Å². The third-order valence-corrected chi connectivity index (χ3v) is 6.29. The van der Waals surface area contributed by atoms with Gasteiger partial charge in [0, 0.05) is 11.4 Å². The number of carbonyl (C=O) groups is 1. The molecule has 2 aromatic heterocycles. The molecule has 2 unspecified atom stereocenters. The Balaban J connectivity index is 1.52. The van der Waals surface area contributed by atoms with Gasteiger partial charge in [0.05, 0.1) is 11.3 Å². The molecule has 26 heavy (non-hydrogen) atoms. The Morgan fingerprint density at radius 3 is 2.92 bits per heavy atom. The van der Waals surface area contributed by atoms with Crippen LogP contribution in [-0.4, -0.2) is 32.3 Å². The molecule has 3 aromatic rings. The van der Waals surface area contributed by atoms with Crippen molar-refractivity contribution in [1.29, 1.82) is 0 Å². The lowest BCUT2D eigenvalue weighted by atomic mass is 9.86. The van der Waals surface area contributed by atoms with E-state index in [1.807, 2.05) is 22.6 Å². The van der Waals surface area contributed by atoms with Gasteiger partial charge < -0.3 is 5.32 Å². The third-order valence-electron chi connectivity index (χ3n) is 5.36. The van der Waals surface area contributed by atoms with Gasteiger partial charge in [-0.05, 0) is 43.4 Å². The van der Waals surface area contributed by atoms with Crippen LogP contribution in [0.3, 0.4) is 0 Å². The van der Waals surface area contributed by atoms with Crippen molar-refractivity contribution in [3.05, 3.63) is 35.9 Å². The number of rotatable bonds is 4. The lowest BCUT2D eigenvalue weighted by Gasteiger charge is -2.29. The van der Waals surface area contributed by atoms with Gasteiger partial charge in [0.2, 0.25) is 5.91 Å². The topological polar surface area (TPSA) is 59.3 Å². The Labute approximate surface area is 157 Å². The molecule has 2 atom stereocenters. The van der Waals surface area contributed by atoms with Gasteiger partial charge in [-0.1, -0.05) is 49.7 Å². The smallest absolute Gasteiger partial charge is 0.230 e. The van der Waals surface area contributed by atoms with Gasteiger partial charge in [0.15, 0.2) is 10.8 Å². The second-order valence-electron chi connectivity index (χ2n) is 7.25. The molecule has 2 heterocycles. The standard InChI is InChI=1S/C20H24N4OS/c1-13-7-3-5-9-16(13)21-19(25)12-26-20-23-22-18-11-14(2)15-8-4-6-10-17(15)24(18)20/h4,6,8,10-11,13,16H,3,5,7,9,12H2,1-2H3,(H,21,25). The average molecular weight is 369 g/mol. The number of fused-ring (bicyclic) bond motifs is 3. The quantitative estimate of drug-likeness (QED) is 0.708. The van der Waals surface area contributed by atoms with Crippen molar-refractivity contribution >= 4 is 34.2 Å². The lowest BCUT2D eigenvalue weighted by molar-refractivity contribution is -0.119. The summed E-state index contributed by atoms with van der Waals surface area (Å²) in [6, 6.07) is 10.6. The average Bonchev–Trinajstić information content (AvgIpc) is 3.05. The van der Waals surface area contributed by atoms with Gasteiger partial charge in [0.25, 0.3) is 0 Å². The van der Waals surface area contributed by atoms with E-state index in [0.717, 1.165) is 22.7 Å². The fourth-order valence-electron chi connectivity index (χ4n) is 3.88. The number of thioether (sulfide) groups is 1. The number of hydrogen-bond donors (Lipinski definition) is 1. The monoisotopic (exact) mass is 368 g/mol. The van der Waals surface area contributed by atoms with Gasteiger partial charge in [-0.3, -0.25) is 9.20 Å². The van der Waals surface area contributed by atoms with Crippen molar-refractivity contribution in [1.82, 2.24) is 19.9 Å². The summed E-state index contributed by atoms with van der Waals surface area (Å²) in [5.74, 6) is 1.02. The van der Waals surface area contributed by atoms with Crippen LogP contribution in [0.5, 0.6) is 0 Å². The molecule has 1 amide bonds. The van der Waals surface area contributed by atoms with Gasteiger partial charge in [-0.2, -0.15) is 0 Å². The second kappa shape index (κ2) is 7.27. The first kappa shape index (κ1) is 17.3. The molecule has 0 spiro atoms. The van der Waals surface area contributed by atoms with Gasteiger partial charge in [-0.15, -0.1) is 10.2 Å². The predicted molar refractivity (Wildman–Crippen MR) is 106 cm³/mol. The Morgan fingerprint density at radius 1 is 1.27 bits per heavy atom. The molecule has 1 N–H and O–H groups in total. The van der Waals surface area contributed by atoms with Crippen LogP contribution >= 0.6 is 11.8 Å². The van der Waals surface area contributed by atoms with Crippen molar-refractivity contribution in [2.24, 2.45) is 5.92 Å². The molecule has 1 aromatic carbocycles. The highest BCUT2D eigenvalue weighted by Crippen LogP contribution is 2.26. The zero-order valence-corrected chi connectivity index (χ0v) is 16.1. The maximum absolute atomic E-state index is 12.4. The van der Waals surface area contributed by atoms with E-state index in [2.05, 4.69) is 41.5 Å². The number of aromatic nitrogens is 3. The largest absolute Gasteiger partial charge is 0.352 e. The molecule has 6 heteroatoms. The number of hydrogen-bond acceptors (Lipinski definition) is 4. The summed E-state index contributed by atoms with van der Waals surface area (Å²) in [5.41, 5.74) is 3.09. The molecule has 0 aliphatic heterocycles. The van der Waals surface area contributed by atoms with Crippen molar-refractivity contribution < 1.29 is 4.79 Å². The molecule has 136 valence electrons. The number of carbonyl (C=O) groups excluding carboxylic acids is 1. The first-order chi connectivity index (χ1) is 12.6. The number of para-hydroxylation sites is 1. The first-order valence-corrected chi connectivity index (χ1v) is 10.3. The molecular weight excluding hydrogens is 344 g/mol. The molecule has 0 bridgehead atoms. The minimum atomic E-state index is 0.0851. The highest BCUT2D eigenvalue weighted by atomic mass is 32.2. The molecule has 0 saturated heterocycles. The van der Waals surface area contributed by atoms with E-state index < -0.39 is 0 Å². The fraction of sp³-hybridized carbons (Fsp3) is 0.450. The SMILES string of the molecule is Cc1cc2nnc(SCC(=O)NC3CCCCC3C)n2c2ccccc12. The molecular formula is C20H24N4OS. The summed E-state index contributed by atoms with van der Waals surface area (Å²) >= 11 is 1.45. The number of nitrogens with one attached hydrogen (secondary N) is 1.